The minimum absolute atomic E-state index is 0.184. The van der Waals surface area contributed by atoms with E-state index in [0.29, 0.717) is 61.6 Å². The molecule has 0 aliphatic carbocycles. The van der Waals surface area contributed by atoms with Gasteiger partial charge >= 0.3 is 0 Å². The molecule has 11 heteroatoms. The first-order chi connectivity index (χ1) is 16.5. The summed E-state index contributed by atoms with van der Waals surface area (Å²) in [6.45, 7) is 5.04. The second-order valence-electron chi connectivity index (χ2n) is 7.39. The Bertz CT molecular complexity index is 1540. The lowest BCUT2D eigenvalue weighted by molar-refractivity contribution is 0.0956. The molecular formula is C23H21N3O6S2. The first-order valence-corrected chi connectivity index (χ1v) is 11.9. The highest BCUT2D eigenvalue weighted by Crippen LogP contribution is 2.34. The molecule has 1 aliphatic heterocycles. The molecule has 9 nitrogen and oxygen atoms in total. The molecule has 0 bridgehead atoms. The van der Waals surface area contributed by atoms with Gasteiger partial charge in [-0.2, -0.15) is 0 Å². The van der Waals surface area contributed by atoms with Crippen molar-refractivity contribution in [2.45, 2.75) is 20.4 Å². The second kappa shape index (κ2) is 8.99. The Morgan fingerprint density at radius 1 is 1.15 bits per heavy atom. The Labute approximate surface area is 202 Å². The first-order valence-electron chi connectivity index (χ1n) is 10.7. The van der Waals surface area contributed by atoms with Crippen LogP contribution < -0.4 is 29.8 Å². The average Bonchev–Trinajstić information content (AvgIpc) is 3.42. The maximum absolute atomic E-state index is 13.1. The molecule has 0 atom stereocenters. The van der Waals surface area contributed by atoms with Crippen LogP contribution in [0.4, 0.5) is 0 Å². The lowest BCUT2D eigenvalue weighted by atomic mass is 10.2. The lowest BCUT2D eigenvalue weighted by Crippen LogP contribution is -2.23. The summed E-state index contributed by atoms with van der Waals surface area (Å²) in [5.41, 5.74) is 1.38. The largest absolute Gasteiger partial charge is 0.490 e. The fourth-order valence-corrected chi connectivity index (χ4v) is 5.10. The number of rotatable bonds is 7. The van der Waals surface area contributed by atoms with Gasteiger partial charge in [0.25, 0.3) is 11.5 Å². The van der Waals surface area contributed by atoms with Gasteiger partial charge in [-0.05, 0) is 49.8 Å². The third kappa shape index (κ3) is 3.86. The minimum Gasteiger partial charge on any atom is -0.490 e. The van der Waals surface area contributed by atoms with Gasteiger partial charge in [0.15, 0.2) is 27.0 Å². The lowest BCUT2D eigenvalue weighted by Gasteiger charge is -2.13. The zero-order chi connectivity index (χ0) is 23.8. The van der Waals surface area contributed by atoms with E-state index in [4.69, 9.17) is 31.2 Å². The first kappa shape index (κ1) is 22.2. The fourth-order valence-electron chi connectivity index (χ4n) is 3.80. The molecule has 176 valence electrons. The van der Waals surface area contributed by atoms with Gasteiger partial charge in [0.1, 0.15) is 10.5 Å². The number of carbonyl (C=O) groups excluding carboxylic acids is 1. The number of ether oxygens (including phenoxy) is 4. The number of benzene rings is 2. The molecule has 5 rings (SSSR count). The Hall–Kier alpha value is -3.57. The van der Waals surface area contributed by atoms with Crippen LogP contribution in [-0.2, 0) is 6.54 Å². The van der Waals surface area contributed by atoms with Crippen LogP contribution >= 0.6 is 23.6 Å². The van der Waals surface area contributed by atoms with Crippen LogP contribution in [0.2, 0.25) is 0 Å². The van der Waals surface area contributed by atoms with E-state index < -0.39 is 0 Å². The van der Waals surface area contributed by atoms with E-state index in [1.54, 1.807) is 22.6 Å². The van der Waals surface area contributed by atoms with Crippen molar-refractivity contribution < 1.29 is 23.7 Å². The molecule has 0 spiro atoms. The van der Waals surface area contributed by atoms with Crippen molar-refractivity contribution in [2.24, 2.45) is 0 Å². The molecule has 2 aromatic heterocycles. The van der Waals surface area contributed by atoms with E-state index in [1.807, 2.05) is 26.0 Å². The van der Waals surface area contributed by atoms with Crippen LogP contribution in [0.3, 0.4) is 0 Å². The zero-order valence-corrected chi connectivity index (χ0v) is 20.1. The molecule has 34 heavy (non-hydrogen) atoms. The minimum atomic E-state index is -0.350. The number of fused-ring (bicyclic) bond motifs is 4. The molecule has 4 aromatic rings. The van der Waals surface area contributed by atoms with Crippen LogP contribution in [0, 0.1) is 3.95 Å². The van der Waals surface area contributed by atoms with Gasteiger partial charge in [-0.15, -0.1) is 0 Å². The van der Waals surface area contributed by atoms with Gasteiger partial charge in [0.05, 0.1) is 24.1 Å². The molecule has 0 saturated carbocycles. The Morgan fingerprint density at radius 2 is 1.88 bits per heavy atom. The molecule has 1 aliphatic rings. The topological polar surface area (TPSA) is 103 Å². The SMILES string of the molecule is CCOc1cc2c(=O)[nH]c3c(C(=O)NCc4ccc5c(c4)OCO5)sc(=S)n3c2cc1OCC. The summed E-state index contributed by atoms with van der Waals surface area (Å²) in [7, 11) is 0. The van der Waals surface area contributed by atoms with Crippen LogP contribution in [0.5, 0.6) is 23.0 Å². The van der Waals surface area contributed by atoms with E-state index in [1.165, 1.54) is 0 Å². The summed E-state index contributed by atoms with van der Waals surface area (Å²) in [5.74, 6) is 1.96. The van der Waals surface area contributed by atoms with Crippen molar-refractivity contribution in [3.05, 3.63) is 55.1 Å². The summed E-state index contributed by atoms with van der Waals surface area (Å²) < 4.78 is 24.2. The van der Waals surface area contributed by atoms with E-state index in [2.05, 4.69) is 10.3 Å². The molecule has 1 amide bonds. The fraction of sp³-hybridized carbons (Fsp3) is 0.261. The number of nitrogens with zero attached hydrogens (tertiary/aromatic N) is 1. The van der Waals surface area contributed by atoms with Gasteiger partial charge in [-0.25, -0.2) is 0 Å². The highest BCUT2D eigenvalue weighted by Gasteiger charge is 2.20. The monoisotopic (exact) mass is 499 g/mol. The van der Waals surface area contributed by atoms with Gasteiger partial charge < -0.3 is 29.2 Å². The van der Waals surface area contributed by atoms with Crippen molar-refractivity contribution in [3.63, 3.8) is 0 Å². The third-order valence-corrected chi connectivity index (χ3v) is 6.66. The number of thiazole rings is 1. The van der Waals surface area contributed by atoms with Crippen LogP contribution in [0.15, 0.2) is 35.1 Å². The van der Waals surface area contributed by atoms with Crippen LogP contribution in [-0.4, -0.2) is 35.3 Å². The van der Waals surface area contributed by atoms with Crippen LogP contribution in [0.25, 0.3) is 16.6 Å². The summed E-state index contributed by atoms with van der Waals surface area (Å²) in [6.07, 6.45) is 0. The molecule has 0 radical (unpaired) electrons. The molecular weight excluding hydrogens is 478 g/mol. The number of aromatic nitrogens is 2. The van der Waals surface area contributed by atoms with Crippen molar-refractivity contribution in [1.82, 2.24) is 14.7 Å². The molecule has 3 heterocycles. The molecule has 0 unspecified atom stereocenters. The van der Waals surface area contributed by atoms with Crippen LogP contribution in [0.1, 0.15) is 29.1 Å². The standard InChI is InChI=1S/C23H21N3O6S2/c1-3-29-17-8-13-14(9-18(17)30-4-2)26-20(25-21(13)27)19(34-23(26)33)22(28)24-10-12-5-6-15-16(7-12)32-11-31-15/h5-9H,3-4,10-11H2,1-2H3,(H,24,28)(H,25,27). The van der Waals surface area contributed by atoms with Gasteiger partial charge in [-0.1, -0.05) is 17.4 Å². The zero-order valence-electron chi connectivity index (χ0n) is 18.4. The van der Waals surface area contributed by atoms with Gasteiger partial charge in [0.2, 0.25) is 6.79 Å². The second-order valence-corrected chi connectivity index (χ2v) is 9.03. The predicted molar refractivity (Wildman–Crippen MR) is 130 cm³/mol. The predicted octanol–water partition coefficient (Wildman–Crippen LogP) is 4.03. The number of H-pyrrole nitrogens is 1. The summed E-state index contributed by atoms with van der Waals surface area (Å²) in [4.78, 5) is 29.1. The highest BCUT2D eigenvalue weighted by molar-refractivity contribution is 7.73. The van der Waals surface area contributed by atoms with E-state index >= 15 is 0 Å². The number of carbonyl (C=O) groups is 1. The average molecular weight is 500 g/mol. The maximum atomic E-state index is 13.1. The third-order valence-electron chi connectivity index (χ3n) is 5.29. The number of hydrogen-bond donors (Lipinski definition) is 2. The van der Waals surface area contributed by atoms with E-state index in [9.17, 15) is 9.59 Å². The maximum Gasteiger partial charge on any atom is 0.265 e. The Morgan fingerprint density at radius 3 is 2.65 bits per heavy atom. The summed E-state index contributed by atoms with van der Waals surface area (Å²) in [5, 5.41) is 3.28. The Balaban J connectivity index is 1.53. The Kier molecular flexibility index (Phi) is 5.88. The highest BCUT2D eigenvalue weighted by atomic mass is 32.1. The molecule has 2 N–H and O–H groups in total. The van der Waals surface area contributed by atoms with Crippen molar-refractivity contribution in [3.8, 4) is 23.0 Å². The van der Waals surface area contributed by atoms with Crippen molar-refractivity contribution in [1.29, 1.82) is 0 Å². The molecule has 2 aromatic carbocycles. The summed E-state index contributed by atoms with van der Waals surface area (Å²) >= 11 is 6.69. The summed E-state index contributed by atoms with van der Waals surface area (Å²) in [6, 6.07) is 8.85. The number of nitrogens with one attached hydrogen (secondary N) is 2. The smallest absolute Gasteiger partial charge is 0.265 e. The number of hydrogen-bond acceptors (Lipinski definition) is 8. The quantitative estimate of drug-likeness (QED) is 0.370. The number of aromatic amines is 1. The van der Waals surface area contributed by atoms with E-state index in [-0.39, 0.29) is 24.8 Å². The van der Waals surface area contributed by atoms with Gasteiger partial charge in [0, 0.05) is 12.6 Å². The van der Waals surface area contributed by atoms with Gasteiger partial charge in [-0.3, -0.25) is 14.0 Å². The van der Waals surface area contributed by atoms with E-state index in [0.717, 1.165) is 16.9 Å². The van der Waals surface area contributed by atoms with Crippen molar-refractivity contribution >= 4 is 46.0 Å². The molecule has 0 saturated heterocycles. The normalized spacial score (nSPS) is 12.3. The van der Waals surface area contributed by atoms with Crippen molar-refractivity contribution in [2.75, 3.05) is 20.0 Å². The number of amides is 1. The molecule has 0 fully saturated rings.